The summed E-state index contributed by atoms with van der Waals surface area (Å²) in [5.41, 5.74) is 1.19. The van der Waals surface area contributed by atoms with Crippen molar-refractivity contribution in [1.29, 1.82) is 0 Å². The molecule has 1 aliphatic carbocycles. The van der Waals surface area contributed by atoms with Gasteiger partial charge >= 0.3 is 0 Å². The van der Waals surface area contributed by atoms with Crippen molar-refractivity contribution in [2.24, 2.45) is 0 Å². The molecule has 1 N–H and O–H groups in total. The number of nitrogens with zero attached hydrogens (tertiary/aromatic N) is 2. The third kappa shape index (κ3) is 4.06. The Morgan fingerprint density at radius 3 is 2.68 bits per heavy atom. The van der Waals surface area contributed by atoms with Gasteiger partial charge in [0.2, 0.25) is 5.95 Å². The summed E-state index contributed by atoms with van der Waals surface area (Å²) in [6.45, 7) is 0.573. The van der Waals surface area contributed by atoms with Gasteiger partial charge in [-0.1, -0.05) is 6.07 Å². The van der Waals surface area contributed by atoms with E-state index in [4.69, 9.17) is 4.74 Å². The third-order valence-corrected chi connectivity index (χ3v) is 3.69. The van der Waals surface area contributed by atoms with Gasteiger partial charge in [-0.25, -0.2) is 4.98 Å². The molecule has 0 atom stereocenters. The highest BCUT2D eigenvalue weighted by Gasteiger charge is 2.41. The summed E-state index contributed by atoms with van der Waals surface area (Å²) in [6, 6.07) is 5.24. The number of likely N-dealkylation sites (N-methyl/N-ethyl adjacent to an activating group) is 1. The van der Waals surface area contributed by atoms with Crippen LogP contribution in [0, 0.1) is 5.95 Å². The van der Waals surface area contributed by atoms with E-state index in [-0.39, 0.29) is 30.4 Å². The van der Waals surface area contributed by atoms with Crippen molar-refractivity contribution in [2.45, 2.75) is 18.4 Å². The number of rotatable bonds is 5. The van der Waals surface area contributed by atoms with Gasteiger partial charge in [0.15, 0.2) is 0 Å². The van der Waals surface area contributed by atoms with E-state index in [0.717, 1.165) is 12.8 Å². The molecule has 4 nitrogen and oxygen atoms in total. The van der Waals surface area contributed by atoms with Crippen LogP contribution in [0.2, 0.25) is 0 Å². The molecule has 2 aromatic heterocycles. The molecule has 0 radical (unpaired) electrons. The number of hydrogen-bond acceptors (Lipinski definition) is 4. The van der Waals surface area contributed by atoms with Crippen LogP contribution < -0.4 is 10.1 Å². The minimum Gasteiger partial charge on any atom is -0.490 e. The molecule has 120 valence electrons. The van der Waals surface area contributed by atoms with E-state index in [0.29, 0.717) is 23.5 Å². The van der Waals surface area contributed by atoms with Crippen molar-refractivity contribution in [2.75, 3.05) is 13.7 Å². The standard InChI is InChI=1S/C15H16FN3O.2ClH/c1-17-15(4-5-15)10-20-12-7-13(14(16)19-9-12)11-3-2-6-18-8-11;;/h2-3,6-9,17H,4-5,10H2,1H3;2*1H. The maximum atomic E-state index is 13.8. The van der Waals surface area contributed by atoms with Crippen LogP contribution in [-0.2, 0) is 0 Å². The first-order valence-corrected chi connectivity index (χ1v) is 6.60. The molecule has 2 heterocycles. The van der Waals surface area contributed by atoms with Crippen LogP contribution in [0.4, 0.5) is 4.39 Å². The Kier molecular flexibility index (Phi) is 6.53. The Morgan fingerprint density at radius 1 is 1.32 bits per heavy atom. The summed E-state index contributed by atoms with van der Waals surface area (Å²) < 4.78 is 19.5. The molecule has 7 heteroatoms. The van der Waals surface area contributed by atoms with E-state index < -0.39 is 5.95 Å². The fourth-order valence-electron chi connectivity index (χ4n) is 2.07. The molecule has 1 aliphatic rings. The van der Waals surface area contributed by atoms with Gasteiger partial charge in [0.1, 0.15) is 12.4 Å². The lowest BCUT2D eigenvalue weighted by Gasteiger charge is -2.15. The van der Waals surface area contributed by atoms with Gasteiger partial charge in [-0.2, -0.15) is 4.39 Å². The number of ether oxygens (including phenoxy) is 1. The van der Waals surface area contributed by atoms with Gasteiger partial charge in [0.25, 0.3) is 0 Å². The second-order valence-electron chi connectivity index (χ2n) is 5.07. The molecule has 0 aromatic carbocycles. The Hall–Kier alpha value is -1.43. The quantitative estimate of drug-likeness (QED) is 0.845. The fourth-order valence-corrected chi connectivity index (χ4v) is 2.07. The van der Waals surface area contributed by atoms with Crippen LogP contribution >= 0.6 is 24.8 Å². The van der Waals surface area contributed by atoms with Crippen molar-refractivity contribution in [3.8, 4) is 16.9 Å². The Bertz CT molecular complexity index is 609. The summed E-state index contributed by atoms with van der Waals surface area (Å²) in [5.74, 6) is 0.0619. The Labute approximate surface area is 141 Å². The fraction of sp³-hybridized carbons (Fsp3) is 0.333. The maximum Gasteiger partial charge on any atom is 0.221 e. The van der Waals surface area contributed by atoms with Gasteiger partial charge < -0.3 is 10.1 Å². The zero-order valence-electron chi connectivity index (χ0n) is 12.1. The van der Waals surface area contributed by atoms with E-state index >= 15 is 0 Å². The van der Waals surface area contributed by atoms with Crippen molar-refractivity contribution >= 4 is 24.8 Å². The molecular formula is C15H18Cl2FN3O. The monoisotopic (exact) mass is 345 g/mol. The van der Waals surface area contributed by atoms with Crippen molar-refractivity contribution < 1.29 is 9.13 Å². The minimum absolute atomic E-state index is 0. The van der Waals surface area contributed by atoms with Crippen molar-refractivity contribution in [3.63, 3.8) is 0 Å². The zero-order valence-corrected chi connectivity index (χ0v) is 13.7. The van der Waals surface area contributed by atoms with Gasteiger partial charge in [-0.05, 0) is 32.0 Å². The number of halogens is 3. The average molecular weight is 346 g/mol. The Morgan fingerprint density at radius 2 is 2.09 bits per heavy atom. The normalized spacial score (nSPS) is 14.5. The van der Waals surface area contributed by atoms with Crippen LogP contribution in [0.25, 0.3) is 11.1 Å². The highest BCUT2D eigenvalue weighted by atomic mass is 35.5. The number of hydrogen-bond donors (Lipinski definition) is 1. The maximum absolute atomic E-state index is 13.8. The number of aromatic nitrogens is 2. The SMILES string of the molecule is CNC1(COc2cnc(F)c(-c3cccnc3)c2)CC1.Cl.Cl. The molecule has 2 aromatic rings. The van der Waals surface area contributed by atoms with Crippen molar-refractivity contribution in [3.05, 3.63) is 42.7 Å². The molecule has 1 saturated carbocycles. The average Bonchev–Trinajstić information content (AvgIpc) is 3.28. The first-order chi connectivity index (χ1) is 9.72. The number of pyridine rings is 2. The zero-order chi connectivity index (χ0) is 14.0. The summed E-state index contributed by atoms with van der Waals surface area (Å²) in [4.78, 5) is 7.76. The second kappa shape index (κ2) is 7.72. The topological polar surface area (TPSA) is 47.0 Å². The molecule has 0 unspecified atom stereocenters. The lowest BCUT2D eigenvalue weighted by molar-refractivity contribution is 0.258. The molecule has 1 fully saturated rings. The van der Waals surface area contributed by atoms with Crippen LogP contribution in [0.3, 0.4) is 0 Å². The van der Waals surface area contributed by atoms with E-state index in [9.17, 15) is 4.39 Å². The summed E-state index contributed by atoms with van der Waals surface area (Å²) >= 11 is 0. The molecule has 0 aliphatic heterocycles. The van der Waals surface area contributed by atoms with Gasteiger partial charge in [-0.3, -0.25) is 4.98 Å². The lowest BCUT2D eigenvalue weighted by atomic mass is 10.1. The highest BCUT2D eigenvalue weighted by molar-refractivity contribution is 5.85. The summed E-state index contributed by atoms with van der Waals surface area (Å²) in [7, 11) is 1.93. The molecule has 0 amide bonds. The first kappa shape index (κ1) is 18.6. The van der Waals surface area contributed by atoms with E-state index in [1.807, 2.05) is 7.05 Å². The van der Waals surface area contributed by atoms with Crippen molar-refractivity contribution in [1.82, 2.24) is 15.3 Å². The molecule has 22 heavy (non-hydrogen) atoms. The number of nitrogens with one attached hydrogen (secondary N) is 1. The molecule has 0 saturated heterocycles. The van der Waals surface area contributed by atoms with Crippen LogP contribution in [-0.4, -0.2) is 29.2 Å². The van der Waals surface area contributed by atoms with E-state index in [1.165, 1.54) is 6.20 Å². The van der Waals surface area contributed by atoms with Gasteiger partial charge in [0.05, 0.1) is 11.7 Å². The lowest BCUT2D eigenvalue weighted by Crippen LogP contribution is -2.33. The van der Waals surface area contributed by atoms with E-state index in [1.54, 1.807) is 30.6 Å². The van der Waals surface area contributed by atoms with Crippen LogP contribution in [0.5, 0.6) is 5.75 Å². The predicted molar refractivity (Wildman–Crippen MR) is 88.4 cm³/mol. The van der Waals surface area contributed by atoms with Gasteiger partial charge in [-0.15, -0.1) is 24.8 Å². The first-order valence-electron chi connectivity index (χ1n) is 6.60. The molecule has 3 rings (SSSR count). The van der Waals surface area contributed by atoms with E-state index in [2.05, 4.69) is 15.3 Å². The van der Waals surface area contributed by atoms with Gasteiger partial charge in [0, 0.05) is 23.5 Å². The largest absolute Gasteiger partial charge is 0.490 e. The molecule has 0 spiro atoms. The highest BCUT2D eigenvalue weighted by Crippen LogP contribution is 2.35. The smallest absolute Gasteiger partial charge is 0.221 e. The molecular weight excluding hydrogens is 328 g/mol. The Balaban J connectivity index is 0.00000121. The predicted octanol–water partition coefficient (Wildman–Crippen LogP) is 3.26. The summed E-state index contributed by atoms with van der Waals surface area (Å²) in [5, 5.41) is 3.25. The van der Waals surface area contributed by atoms with Crippen LogP contribution in [0.15, 0.2) is 36.8 Å². The summed E-state index contributed by atoms with van der Waals surface area (Å²) in [6.07, 6.45) is 6.89. The second-order valence-corrected chi connectivity index (χ2v) is 5.07. The molecule has 0 bridgehead atoms. The van der Waals surface area contributed by atoms with Crippen LogP contribution in [0.1, 0.15) is 12.8 Å². The third-order valence-electron chi connectivity index (χ3n) is 3.69. The minimum atomic E-state index is -0.514.